The summed E-state index contributed by atoms with van der Waals surface area (Å²) in [6.45, 7) is 6.17. The average Bonchev–Trinajstić information content (AvgIpc) is 2.76. The molecule has 0 bridgehead atoms. The van der Waals surface area contributed by atoms with Crippen molar-refractivity contribution in [3.63, 3.8) is 0 Å². The maximum atomic E-state index is 12.6. The van der Waals surface area contributed by atoms with Crippen molar-refractivity contribution in [2.45, 2.75) is 20.8 Å². The van der Waals surface area contributed by atoms with Gasteiger partial charge in [0.15, 0.2) is 0 Å². The Bertz CT molecular complexity index is 1220. The number of rotatable bonds is 6. The quantitative estimate of drug-likeness (QED) is 0.354. The second-order valence-electron chi connectivity index (χ2n) is 7.44. The standard InChI is InChI=1S/C26H25N3O2/c1-4-31-26(30)23-16-27-24-18(3)14-17(2)15-22(24)25(23)29-21-12-10-20(11-13-21)28-19-8-6-5-7-9-19/h5-16,28H,4H2,1-3H3,(H,27,29). The minimum Gasteiger partial charge on any atom is -0.462 e. The van der Waals surface area contributed by atoms with Crippen molar-refractivity contribution in [3.8, 4) is 0 Å². The van der Waals surface area contributed by atoms with Gasteiger partial charge in [0.2, 0.25) is 0 Å². The van der Waals surface area contributed by atoms with Crippen LogP contribution in [0.1, 0.15) is 28.4 Å². The molecule has 0 aliphatic carbocycles. The second-order valence-corrected chi connectivity index (χ2v) is 7.44. The number of carbonyl (C=O) groups is 1. The molecule has 0 amide bonds. The van der Waals surface area contributed by atoms with Crippen molar-refractivity contribution in [2.75, 3.05) is 17.2 Å². The molecular weight excluding hydrogens is 386 g/mol. The maximum absolute atomic E-state index is 12.6. The Morgan fingerprint density at radius 1 is 0.903 bits per heavy atom. The largest absolute Gasteiger partial charge is 0.462 e. The van der Waals surface area contributed by atoms with Crippen molar-refractivity contribution in [3.05, 3.63) is 89.6 Å². The molecule has 0 radical (unpaired) electrons. The molecule has 4 rings (SSSR count). The molecule has 5 heteroatoms. The summed E-state index contributed by atoms with van der Waals surface area (Å²) in [6, 6.07) is 22.1. The van der Waals surface area contributed by atoms with Crippen LogP contribution in [0.25, 0.3) is 10.9 Å². The number of aromatic nitrogens is 1. The van der Waals surface area contributed by atoms with Crippen LogP contribution in [-0.4, -0.2) is 17.6 Å². The van der Waals surface area contributed by atoms with Gasteiger partial charge in [-0.25, -0.2) is 4.79 Å². The number of hydrogen-bond acceptors (Lipinski definition) is 5. The van der Waals surface area contributed by atoms with Crippen molar-refractivity contribution in [1.29, 1.82) is 0 Å². The summed E-state index contributed by atoms with van der Waals surface area (Å²) in [5.74, 6) is -0.388. The SMILES string of the molecule is CCOC(=O)c1cnc2c(C)cc(C)cc2c1Nc1ccc(Nc2ccccc2)cc1. The number of carbonyl (C=O) groups excluding carboxylic acids is 1. The summed E-state index contributed by atoms with van der Waals surface area (Å²) in [5.41, 5.74) is 7.05. The van der Waals surface area contributed by atoms with E-state index in [2.05, 4.69) is 21.7 Å². The number of fused-ring (bicyclic) bond motifs is 1. The van der Waals surface area contributed by atoms with Gasteiger partial charge >= 0.3 is 5.97 Å². The highest BCUT2D eigenvalue weighted by molar-refractivity contribution is 6.06. The molecule has 0 spiro atoms. The minimum absolute atomic E-state index is 0.309. The molecule has 0 saturated carbocycles. The zero-order chi connectivity index (χ0) is 21.8. The van der Waals surface area contributed by atoms with Crippen LogP contribution in [-0.2, 0) is 4.74 Å². The highest BCUT2D eigenvalue weighted by atomic mass is 16.5. The van der Waals surface area contributed by atoms with E-state index in [4.69, 9.17) is 4.74 Å². The highest BCUT2D eigenvalue weighted by Crippen LogP contribution is 2.32. The molecule has 2 N–H and O–H groups in total. The van der Waals surface area contributed by atoms with E-state index in [-0.39, 0.29) is 5.97 Å². The molecular formula is C26H25N3O2. The van der Waals surface area contributed by atoms with Gasteiger partial charge in [-0.2, -0.15) is 0 Å². The summed E-state index contributed by atoms with van der Waals surface area (Å²) < 4.78 is 5.27. The number of para-hydroxylation sites is 1. The number of esters is 1. The van der Waals surface area contributed by atoms with Crippen molar-refractivity contribution in [2.24, 2.45) is 0 Å². The number of nitrogens with zero attached hydrogens (tertiary/aromatic N) is 1. The molecule has 1 heterocycles. The molecule has 0 aliphatic rings. The van der Waals surface area contributed by atoms with E-state index in [0.29, 0.717) is 17.9 Å². The van der Waals surface area contributed by atoms with Gasteiger partial charge in [0.25, 0.3) is 0 Å². The van der Waals surface area contributed by atoms with Gasteiger partial charge in [0, 0.05) is 28.6 Å². The van der Waals surface area contributed by atoms with E-state index in [1.165, 1.54) is 0 Å². The highest BCUT2D eigenvalue weighted by Gasteiger charge is 2.18. The van der Waals surface area contributed by atoms with Crippen LogP contribution in [0.2, 0.25) is 0 Å². The van der Waals surface area contributed by atoms with Gasteiger partial charge in [-0.3, -0.25) is 4.98 Å². The summed E-state index contributed by atoms with van der Waals surface area (Å²) in [6.07, 6.45) is 1.59. The first-order valence-corrected chi connectivity index (χ1v) is 10.3. The number of pyridine rings is 1. The van der Waals surface area contributed by atoms with Crippen LogP contribution < -0.4 is 10.6 Å². The number of ether oxygens (including phenoxy) is 1. The van der Waals surface area contributed by atoms with Crippen LogP contribution in [0, 0.1) is 13.8 Å². The molecule has 0 unspecified atom stereocenters. The van der Waals surface area contributed by atoms with Gasteiger partial charge < -0.3 is 15.4 Å². The third kappa shape index (κ3) is 4.51. The van der Waals surface area contributed by atoms with Crippen LogP contribution in [0.4, 0.5) is 22.7 Å². The van der Waals surface area contributed by atoms with Crippen molar-refractivity contribution >= 4 is 39.6 Å². The molecule has 5 nitrogen and oxygen atoms in total. The summed E-state index contributed by atoms with van der Waals surface area (Å²) in [7, 11) is 0. The van der Waals surface area contributed by atoms with E-state index < -0.39 is 0 Å². The molecule has 0 aliphatic heterocycles. The normalized spacial score (nSPS) is 10.7. The average molecular weight is 412 g/mol. The molecule has 0 atom stereocenters. The maximum Gasteiger partial charge on any atom is 0.341 e. The van der Waals surface area contributed by atoms with E-state index in [0.717, 1.165) is 39.1 Å². The van der Waals surface area contributed by atoms with Crippen LogP contribution in [0.15, 0.2) is 72.9 Å². The van der Waals surface area contributed by atoms with Gasteiger partial charge in [-0.05, 0) is 68.8 Å². The van der Waals surface area contributed by atoms with Crippen LogP contribution in [0.5, 0.6) is 0 Å². The predicted octanol–water partition coefficient (Wildman–Crippen LogP) is 6.52. The number of aryl methyl sites for hydroxylation is 2. The Labute approximate surface area is 182 Å². The van der Waals surface area contributed by atoms with Gasteiger partial charge in [0.05, 0.1) is 17.8 Å². The Kier molecular flexibility index (Phi) is 5.85. The smallest absolute Gasteiger partial charge is 0.341 e. The Morgan fingerprint density at radius 2 is 1.55 bits per heavy atom. The Morgan fingerprint density at radius 3 is 2.23 bits per heavy atom. The van der Waals surface area contributed by atoms with E-state index in [9.17, 15) is 4.79 Å². The fourth-order valence-electron chi connectivity index (χ4n) is 3.63. The van der Waals surface area contributed by atoms with Gasteiger partial charge in [-0.1, -0.05) is 29.8 Å². The fraction of sp³-hybridized carbons (Fsp3) is 0.154. The van der Waals surface area contributed by atoms with Gasteiger partial charge in [-0.15, -0.1) is 0 Å². The third-order valence-electron chi connectivity index (χ3n) is 5.02. The van der Waals surface area contributed by atoms with Crippen LogP contribution >= 0.6 is 0 Å². The first-order valence-electron chi connectivity index (χ1n) is 10.3. The number of benzene rings is 3. The zero-order valence-corrected chi connectivity index (χ0v) is 17.9. The lowest BCUT2D eigenvalue weighted by molar-refractivity contribution is 0.0527. The third-order valence-corrected chi connectivity index (χ3v) is 5.02. The summed E-state index contributed by atoms with van der Waals surface area (Å²) in [5, 5.41) is 7.70. The van der Waals surface area contributed by atoms with Crippen molar-refractivity contribution < 1.29 is 9.53 Å². The Hall–Kier alpha value is -3.86. The van der Waals surface area contributed by atoms with Crippen LogP contribution in [0.3, 0.4) is 0 Å². The monoisotopic (exact) mass is 411 g/mol. The Balaban J connectivity index is 1.70. The molecule has 3 aromatic carbocycles. The van der Waals surface area contributed by atoms with E-state index >= 15 is 0 Å². The summed E-state index contributed by atoms with van der Waals surface area (Å²) in [4.78, 5) is 17.2. The topological polar surface area (TPSA) is 63.2 Å². The predicted molar refractivity (Wildman–Crippen MR) is 127 cm³/mol. The molecule has 31 heavy (non-hydrogen) atoms. The number of hydrogen-bond donors (Lipinski definition) is 2. The summed E-state index contributed by atoms with van der Waals surface area (Å²) >= 11 is 0. The molecule has 1 aromatic heterocycles. The lowest BCUT2D eigenvalue weighted by atomic mass is 10.0. The number of anilines is 4. The van der Waals surface area contributed by atoms with E-state index in [1.54, 1.807) is 13.1 Å². The fourth-order valence-corrected chi connectivity index (χ4v) is 3.63. The van der Waals surface area contributed by atoms with E-state index in [1.807, 2.05) is 74.5 Å². The molecule has 0 fully saturated rings. The minimum atomic E-state index is -0.388. The number of nitrogens with one attached hydrogen (secondary N) is 2. The zero-order valence-electron chi connectivity index (χ0n) is 17.9. The second kappa shape index (κ2) is 8.88. The van der Waals surface area contributed by atoms with Crippen molar-refractivity contribution in [1.82, 2.24) is 4.98 Å². The lowest BCUT2D eigenvalue weighted by Gasteiger charge is -2.16. The first kappa shape index (κ1) is 20.4. The lowest BCUT2D eigenvalue weighted by Crippen LogP contribution is -2.09. The first-order chi connectivity index (χ1) is 15.0. The molecule has 0 saturated heterocycles. The molecule has 156 valence electrons. The van der Waals surface area contributed by atoms with Gasteiger partial charge in [0.1, 0.15) is 5.56 Å². The molecule has 4 aromatic rings.